The minimum atomic E-state index is -0.452. The van der Waals surface area contributed by atoms with Gasteiger partial charge in [0.25, 0.3) is 0 Å². The summed E-state index contributed by atoms with van der Waals surface area (Å²) in [5.41, 5.74) is 8.73. The van der Waals surface area contributed by atoms with Crippen LogP contribution >= 0.6 is 0 Å². The Kier molecular flexibility index (Phi) is 3.69. The third-order valence-corrected chi connectivity index (χ3v) is 3.26. The number of aryl methyl sites for hydroxylation is 1. The van der Waals surface area contributed by atoms with Crippen molar-refractivity contribution in [3.05, 3.63) is 29.3 Å². The SMILES string of the molecule is CC(C)(C)OC(=O)NCC1CCc2cc(N)ccc21. The van der Waals surface area contributed by atoms with Gasteiger partial charge in [-0.1, -0.05) is 6.07 Å². The molecule has 0 saturated carbocycles. The maximum atomic E-state index is 11.6. The van der Waals surface area contributed by atoms with Gasteiger partial charge in [-0.25, -0.2) is 4.79 Å². The number of nitrogens with two attached hydrogens (primary N) is 1. The van der Waals surface area contributed by atoms with Crippen LogP contribution in [0.15, 0.2) is 18.2 Å². The summed E-state index contributed by atoms with van der Waals surface area (Å²) in [6, 6.07) is 6.02. The summed E-state index contributed by atoms with van der Waals surface area (Å²) in [4.78, 5) is 11.6. The summed E-state index contributed by atoms with van der Waals surface area (Å²) >= 11 is 0. The lowest BCUT2D eigenvalue weighted by molar-refractivity contribution is 0.0524. The minimum Gasteiger partial charge on any atom is -0.444 e. The second kappa shape index (κ2) is 5.11. The molecular formula is C15H22N2O2. The number of carbonyl (C=O) groups is 1. The van der Waals surface area contributed by atoms with Crippen LogP contribution in [-0.4, -0.2) is 18.2 Å². The highest BCUT2D eigenvalue weighted by molar-refractivity contribution is 5.67. The molecule has 3 N–H and O–H groups in total. The van der Waals surface area contributed by atoms with Crippen molar-refractivity contribution in [1.29, 1.82) is 0 Å². The molecule has 0 saturated heterocycles. The highest BCUT2D eigenvalue weighted by Gasteiger charge is 2.24. The molecule has 0 fully saturated rings. The first-order chi connectivity index (χ1) is 8.85. The Morgan fingerprint density at radius 3 is 2.89 bits per heavy atom. The van der Waals surface area contributed by atoms with E-state index in [1.165, 1.54) is 11.1 Å². The average molecular weight is 262 g/mol. The quantitative estimate of drug-likeness (QED) is 0.805. The summed E-state index contributed by atoms with van der Waals surface area (Å²) in [6.45, 7) is 6.20. The molecular weight excluding hydrogens is 240 g/mol. The average Bonchev–Trinajstić information content (AvgIpc) is 2.66. The van der Waals surface area contributed by atoms with E-state index in [2.05, 4.69) is 11.4 Å². The molecule has 1 aliphatic rings. The molecule has 2 rings (SSSR count). The van der Waals surface area contributed by atoms with Crippen LogP contribution in [0.5, 0.6) is 0 Å². The van der Waals surface area contributed by atoms with Crippen molar-refractivity contribution in [2.24, 2.45) is 0 Å². The van der Waals surface area contributed by atoms with Gasteiger partial charge in [-0.3, -0.25) is 0 Å². The number of alkyl carbamates (subject to hydrolysis) is 1. The van der Waals surface area contributed by atoms with Gasteiger partial charge >= 0.3 is 6.09 Å². The van der Waals surface area contributed by atoms with E-state index in [0.29, 0.717) is 12.5 Å². The molecule has 0 spiro atoms. The topological polar surface area (TPSA) is 64.3 Å². The number of carbonyl (C=O) groups excluding carboxylic acids is 1. The molecule has 0 aliphatic heterocycles. The lowest BCUT2D eigenvalue weighted by Crippen LogP contribution is -2.34. The highest BCUT2D eigenvalue weighted by atomic mass is 16.6. The minimum absolute atomic E-state index is 0.351. The summed E-state index contributed by atoms with van der Waals surface area (Å²) in [7, 11) is 0. The third-order valence-electron chi connectivity index (χ3n) is 3.26. The fraction of sp³-hybridized carbons (Fsp3) is 0.533. The number of anilines is 1. The third kappa shape index (κ3) is 3.63. The number of rotatable bonds is 2. The molecule has 0 aromatic heterocycles. The molecule has 0 heterocycles. The molecule has 1 unspecified atom stereocenters. The van der Waals surface area contributed by atoms with Crippen LogP contribution in [0, 0.1) is 0 Å². The zero-order valence-electron chi connectivity index (χ0n) is 11.8. The first-order valence-corrected chi connectivity index (χ1v) is 6.70. The van der Waals surface area contributed by atoms with Crippen LogP contribution in [0.25, 0.3) is 0 Å². The summed E-state index contributed by atoms with van der Waals surface area (Å²) < 4.78 is 5.23. The first-order valence-electron chi connectivity index (χ1n) is 6.70. The van der Waals surface area contributed by atoms with Gasteiger partial charge in [0.05, 0.1) is 0 Å². The number of nitrogens with one attached hydrogen (secondary N) is 1. The van der Waals surface area contributed by atoms with Crippen molar-refractivity contribution < 1.29 is 9.53 Å². The van der Waals surface area contributed by atoms with Crippen molar-refractivity contribution >= 4 is 11.8 Å². The van der Waals surface area contributed by atoms with E-state index in [1.807, 2.05) is 32.9 Å². The molecule has 4 heteroatoms. The van der Waals surface area contributed by atoms with Crippen LogP contribution in [0.2, 0.25) is 0 Å². The molecule has 4 nitrogen and oxygen atoms in total. The van der Waals surface area contributed by atoms with Gasteiger partial charge in [-0.2, -0.15) is 0 Å². The molecule has 1 atom stereocenters. The van der Waals surface area contributed by atoms with E-state index >= 15 is 0 Å². The zero-order valence-corrected chi connectivity index (χ0v) is 11.8. The summed E-state index contributed by atoms with van der Waals surface area (Å²) in [6.07, 6.45) is 1.73. The Balaban J connectivity index is 1.91. The normalized spacial score (nSPS) is 17.9. The molecule has 0 bridgehead atoms. The standard InChI is InChI=1S/C15H22N2O2/c1-15(2,3)19-14(18)17-9-11-5-4-10-8-12(16)6-7-13(10)11/h6-8,11H,4-5,9,16H2,1-3H3,(H,17,18). The van der Waals surface area contributed by atoms with E-state index < -0.39 is 5.60 Å². The number of hydrogen-bond donors (Lipinski definition) is 2. The van der Waals surface area contributed by atoms with Crippen LogP contribution in [-0.2, 0) is 11.2 Å². The molecule has 104 valence electrons. The van der Waals surface area contributed by atoms with E-state index in [-0.39, 0.29) is 6.09 Å². The number of ether oxygens (including phenoxy) is 1. The van der Waals surface area contributed by atoms with Gasteiger partial charge in [0.15, 0.2) is 0 Å². The Hall–Kier alpha value is -1.71. The maximum Gasteiger partial charge on any atom is 0.407 e. The Labute approximate surface area is 114 Å². The van der Waals surface area contributed by atoms with Gasteiger partial charge in [-0.15, -0.1) is 0 Å². The monoisotopic (exact) mass is 262 g/mol. The Morgan fingerprint density at radius 2 is 2.21 bits per heavy atom. The van der Waals surface area contributed by atoms with Gasteiger partial charge in [-0.05, 0) is 56.9 Å². The Bertz CT molecular complexity index is 478. The number of fused-ring (bicyclic) bond motifs is 1. The summed E-state index contributed by atoms with van der Waals surface area (Å²) in [5, 5.41) is 2.84. The van der Waals surface area contributed by atoms with Crippen LogP contribution in [0.1, 0.15) is 44.2 Å². The fourth-order valence-corrected chi connectivity index (χ4v) is 2.46. The highest BCUT2D eigenvalue weighted by Crippen LogP contribution is 2.33. The molecule has 19 heavy (non-hydrogen) atoms. The van der Waals surface area contributed by atoms with Crippen molar-refractivity contribution in [1.82, 2.24) is 5.32 Å². The molecule has 1 aromatic rings. The second-order valence-corrected chi connectivity index (χ2v) is 6.08. The van der Waals surface area contributed by atoms with Crippen LogP contribution < -0.4 is 11.1 Å². The van der Waals surface area contributed by atoms with Gasteiger partial charge in [0.1, 0.15) is 5.60 Å². The van der Waals surface area contributed by atoms with Gasteiger partial charge in [0, 0.05) is 18.2 Å². The Morgan fingerprint density at radius 1 is 1.47 bits per heavy atom. The predicted molar refractivity (Wildman–Crippen MR) is 76.2 cm³/mol. The van der Waals surface area contributed by atoms with Gasteiger partial charge < -0.3 is 15.8 Å². The molecule has 1 amide bonds. The lowest BCUT2D eigenvalue weighted by atomic mass is 10.0. The number of amides is 1. The maximum absolute atomic E-state index is 11.6. The van der Waals surface area contributed by atoms with E-state index in [9.17, 15) is 4.79 Å². The van der Waals surface area contributed by atoms with Crippen LogP contribution in [0.3, 0.4) is 0 Å². The number of benzene rings is 1. The van der Waals surface area contributed by atoms with Crippen molar-refractivity contribution in [2.45, 2.75) is 45.1 Å². The largest absolute Gasteiger partial charge is 0.444 e. The van der Waals surface area contributed by atoms with Crippen molar-refractivity contribution in [3.8, 4) is 0 Å². The smallest absolute Gasteiger partial charge is 0.407 e. The predicted octanol–water partition coefficient (Wildman–Crippen LogP) is 2.82. The van der Waals surface area contributed by atoms with Crippen molar-refractivity contribution in [2.75, 3.05) is 12.3 Å². The van der Waals surface area contributed by atoms with E-state index in [4.69, 9.17) is 10.5 Å². The summed E-state index contributed by atoms with van der Waals surface area (Å²) in [5.74, 6) is 0.364. The van der Waals surface area contributed by atoms with E-state index in [1.54, 1.807) is 0 Å². The van der Waals surface area contributed by atoms with Gasteiger partial charge in [0.2, 0.25) is 0 Å². The first kappa shape index (κ1) is 13.7. The number of hydrogen-bond acceptors (Lipinski definition) is 3. The molecule has 0 radical (unpaired) electrons. The lowest BCUT2D eigenvalue weighted by Gasteiger charge is -2.21. The zero-order chi connectivity index (χ0) is 14.0. The van der Waals surface area contributed by atoms with E-state index in [0.717, 1.165) is 18.5 Å². The molecule has 1 aromatic carbocycles. The fourth-order valence-electron chi connectivity index (χ4n) is 2.46. The molecule has 1 aliphatic carbocycles. The number of nitrogen functional groups attached to an aromatic ring is 1. The van der Waals surface area contributed by atoms with Crippen LogP contribution in [0.4, 0.5) is 10.5 Å². The van der Waals surface area contributed by atoms with Crippen molar-refractivity contribution in [3.63, 3.8) is 0 Å². The second-order valence-electron chi connectivity index (χ2n) is 6.08.